The number of hydrogen-bond acceptors (Lipinski definition) is 1. The molecule has 0 aromatic heterocycles. The molecule has 0 bridgehead atoms. The van der Waals surface area contributed by atoms with Crippen molar-refractivity contribution in [1.29, 1.82) is 0 Å². The summed E-state index contributed by atoms with van der Waals surface area (Å²) >= 11 is 0. The Morgan fingerprint density at radius 3 is 2.25 bits per heavy atom. The lowest BCUT2D eigenvalue weighted by atomic mass is 10.2. The minimum absolute atomic E-state index is 0.267. The summed E-state index contributed by atoms with van der Waals surface area (Å²) in [7, 11) is -0.267. The Morgan fingerprint density at radius 1 is 1.00 bits per heavy atom. The van der Waals surface area contributed by atoms with E-state index in [2.05, 4.69) is 20.0 Å². The maximum atomic E-state index is 5.27. The summed E-state index contributed by atoms with van der Waals surface area (Å²) in [6, 6.07) is 1.52. The first-order valence-electron chi connectivity index (χ1n) is 5.35. The van der Waals surface area contributed by atoms with Gasteiger partial charge in [0.25, 0.3) is 0 Å². The first-order valence-corrected chi connectivity index (χ1v) is 8.47. The summed E-state index contributed by atoms with van der Waals surface area (Å²) < 4.78 is 5.27. The molecule has 0 fully saturated rings. The van der Waals surface area contributed by atoms with Crippen LogP contribution in [0.25, 0.3) is 0 Å². The minimum Gasteiger partial charge on any atom is -0.382 e. The van der Waals surface area contributed by atoms with E-state index in [0.29, 0.717) is 0 Å². The molecule has 0 N–H and O–H groups in total. The van der Waals surface area contributed by atoms with Crippen LogP contribution in [-0.4, -0.2) is 22.0 Å². The van der Waals surface area contributed by atoms with Crippen molar-refractivity contribution in [2.75, 3.05) is 13.2 Å². The molecule has 0 aliphatic carbocycles. The van der Waals surface area contributed by atoms with Crippen LogP contribution in [0.2, 0.25) is 19.1 Å². The first-order chi connectivity index (χ1) is 5.77. The van der Waals surface area contributed by atoms with Crippen LogP contribution in [0.15, 0.2) is 0 Å². The zero-order valence-corrected chi connectivity index (χ0v) is 10.1. The lowest BCUT2D eigenvalue weighted by Gasteiger charge is -2.03. The van der Waals surface area contributed by atoms with Crippen molar-refractivity contribution in [1.82, 2.24) is 0 Å². The van der Waals surface area contributed by atoms with Gasteiger partial charge in [-0.25, -0.2) is 0 Å². The molecule has 74 valence electrons. The zero-order chi connectivity index (χ0) is 9.23. The monoisotopic (exact) mass is 188 g/mol. The molecule has 0 saturated heterocycles. The maximum Gasteiger partial charge on any atom is 0.0465 e. The van der Waals surface area contributed by atoms with Gasteiger partial charge < -0.3 is 4.74 Å². The molecule has 1 nitrogen and oxygen atoms in total. The second-order valence-electron chi connectivity index (χ2n) is 3.79. The molecule has 0 aromatic carbocycles. The van der Waals surface area contributed by atoms with Gasteiger partial charge in [0.2, 0.25) is 0 Å². The molecule has 0 heterocycles. The van der Waals surface area contributed by atoms with Gasteiger partial charge in [0.05, 0.1) is 0 Å². The average Bonchev–Trinajstić information content (AvgIpc) is 2.02. The van der Waals surface area contributed by atoms with E-state index in [1.54, 1.807) is 0 Å². The fourth-order valence-electron chi connectivity index (χ4n) is 1.25. The van der Waals surface area contributed by atoms with E-state index in [1.165, 1.54) is 31.7 Å². The molecule has 0 atom stereocenters. The fraction of sp³-hybridized carbons (Fsp3) is 1.00. The molecule has 0 aliphatic rings. The number of unbranched alkanes of at least 4 members (excludes halogenated alkanes) is 3. The van der Waals surface area contributed by atoms with Crippen LogP contribution in [-0.2, 0) is 4.74 Å². The van der Waals surface area contributed by atoms with E-state index in [4.69, 9.17) is 4.74 Å². The van der Waals surface area contributed by atoms with Crippen LogP contribution < -0.4 is 0 Å². The third-order valence-corrected chi connectivity index (χ3v) is 3.59. The highest BCUT2D eigenvalue weighted by Crippen LogP contribution is 2.06. The van der Waals surface area contributed by atoms with Gasteiger partial charge in [-0.3, -0.25) is 0 Å². The van der Waals surface area contributed by atoms with Crippen LogP contribution >= 0.6 is 0 Å². The Morgan fingerprint density at radius 2 is 1.67 bits per heavy atom. The molecule has 0 rings (SSSR count). The second kappa shape index (κ2) is 9.27. The van der Waals surface area contributed by atoms with Gasteiger partial charge >= 0.3 is 0 Å². The van der Waals surface area contributed by atoms with Gasteiger partial charge in [-0.2, -0.15) is 0 Å². The van der Waals surface area contributed by atoms with Crippen molar-refractivity contribution in [3.63, 3.8) is 0 Å². The molecular formula is C10H24OSi. The van der Waals surface area contributed by atoms with Gasteiger partial charge in [-0.05, 0) is 13.3 Å². The maximum absolute atomic E-state index is 5.27. The molecule has 0 radical (unpaired) electrons. The summed E-state index contributed by atoms with van der Waals surface area (Å²) in [5.74, 6) is 0. The standard InChI is InChI=1S/C10H24OSi/c1-4-11-9-7-5-6-8-10-12(2)3/h12H,4-10H2,1-3H3. The largest absolute Gasteiger partial charge is 0.382 e. The Hall–Kier alpha value is 0.177. The third kappa shape index (κ3) is 10.2. The Balaban J connectivity index is 2.82. The Labute approximate surface area is 79.1 Å². The van der Waals surface area contributed by atoms with Crippen LogP contribution in [0.5, 0.6) is 0 Å². The van der Waals surface area contributed by atoms with Crippen LogP contribution in [0.1, 0.15) is 32.6 Å². The van der Waals surface area contributed by atoms with E-state index < -0.39 is 0 Å². The van der Waals surface area contributed by atoms with Crippen molar-refractivity contribution < 1.29 is 4.74 Å². The van der Waals surface area contributed by atoms with Gasteiger partial charge in [0.1, 0.15) is 0 Å². The van der Waals surface area contributed by atoms with Gasteiger partial charge in [0, 0.05) is 22.0 Å². The van der Waals surface area contributed by atoms with Crippen molar-refractivity contribution >= 4 is 8.80 Å². The van der Waals surface area contributed by atoms with Crippen LogP contribution in [0, 0.1) is 0 Å². The average molecular weight is 188 g/mol. The van der Waals surface area contributed by atoms with Crippen LogP contribution in [0.3, 0.4) is 0 Å². The van der Waals surface area contributed by atoms with Crippen molar-refractivity contribution in [2.45, 2.75) is 51.7 Å². The molecule has 0 aliphatic heterocycles. The minimum atomic E-state index is -0.267. The predicted octanol–water partition coefficient (Wildman–Crippen LogP) is 3.07. The van der Waals surface area contributed by atoms with E-state index in [-0.39, 0.29) is 8.80 Å². The molecule has 0 saturated carbocycles. The molecular weight excluding hydrogens is 164 g/mol. The highest BCUT2D eigenvalue weighted by atomic mass is 28.3. The zero-order valence-electron chi connectivity index (χ0n) is 8.94. The molecule has 2 heteroatoms. The first kappa shape index (κ1) is 12.2. The number of ether oxygens (including phenoxy) is 1. The van der Waals surface area contributed by atoms with E-state index in [9.17, 15) is 0 Å². The Bertz CT molecular complexity index is 83.9. The summed E-state index contributed by atoms with van der Waals surface area (Å²) in [6.45, 7) is 8.76. The quantitative estimate of drug-likeness (QED) is 0.420. The molecule has 0 spiro atoms. The molecule has 0 amide bonds. The fourth-order valence-corrected chi connectivity index (χ4v) is 2.36. The molecule has 0 aromatic rings. The highest BCUT2D eigenvalue weighted by molar-refractivity contribution is 6.55. The topological polar surface area (TPSA) is 9.23 Å². The van der Waals surface area contributed by atoms with Crippen molar-refractivity contribution in [3.8, 4) is 0 Å². The van der Waals surface area contributed by atoms with Gasteiger partial charge in [-0.1, -0.05) is 38.4 Å². The van der Waals surface area contributed by atoms with E-state index >= 15 is 0 Å². The summed E-state index contributed by atoms with van der Waals surface area (Å²) in [4.78, 5) is 0. The lowest BCUT2D eigenvalue weighted by Crippen LogP contribution is -1.98. The van der Waals surface area contributed by atoms with E-state index in [1.807, 2.05) is 0 Å². The second-order valence-corrected chi connectivity index (χ2v) is 7.16. The third-order valence-electron chi connectivity index (χ3n) is 2.02. The predicted molar refractivity (Wildman–Crippen MR) is 58.6 cm³/mol. The normalized spacial score (nSPS) is 11.0. The molecule has 0 unspecified atom stereocenters. The number of hydrogen-bond donors (Lipinski definition) is 0. The smallest absolute Gasteiger partial charge is 0.0465 e. The summed E-state index contributed by atoms with van der Waals surface area (Å²) in [5.41, 5.74) is 0. The van der Waals surface area contributed by atoms with Crippen molar-refractivity contribution in [2.24, 2.45) is 0 Å². The SMILES string of the molecule is CCOCCCCCC[SiH](C)C. The van der Waals surface area contributed by atoms with Gasteiger partial charge in [-0.15, -0.1) is 0 Å². The Kier molecular flexibility index (Phi) is 9.40. The van der Waals surface area contributed by atoms with Crippen molar-refractivity contribution in [3.05, 3.63) is 0 Å². The number of rotatable bonds is 8. The highest BCUT2D eigenvalue weighted by Gasteiger charge is 1.95. The van der Waals surface area contributed by atoms with E-state index in [0.717, 1.165) is 13.2 Å². The molecule has 12 heavy (non-hydrogen) atoms. The van der Waals surface area contributed by atoms with Gasteiger partial charge in [0.15, 0.2) is 0 Å². The van der Waals surface area contributed by atoms with Crippen LogP contribution in [0.4, 0.5) is 0 Å². The summed E-state index contributed by atoms with van der Waals surface area (Å²) in [5, 5.41) is 0. The summed E-state index contributed by atoms with van der Waals surface area (Å²) in [6.07, 6.45) is 5.49. The lowest BCUT2D eigenvalue weighted by molar-refractivity contribution is 0.143.